The fourth-order valence-electron chi connectivity index (χ4n) is 3.02. The fraction of sp³-hybridized carbons (Fsp3) is 0.368. The van der Waals surface area contributed by atoms with Crippen LogP contribution in [0.5, 0.6) is 0 Å². The number of para-hydroxylation sites is 1. The number of aromatic nitrogens is 4. The quantitative estimate of drug-likeness (QED) is 0.703. The van der Waals surface area contributed by atoms with Crippen LogP contribution >= 0.6 is 0 Å². The highest BCUT2D eigenvalue weighted by atomic mass is 16.1. The number of hydrogen-bond acceptors (Lipinski definition) is 5. The van der Waals surface area contributed by atoms with Crippen LogP contribution in [-0.2, 0) is 11.2 Å². The molecular formula is C19H24N6O. The van der Waals surface area contributed by atoms with E-state index in [1.165, 1.54) is 6.33 Å². The minimum absolute atomic E-state index is 0.0453. The molecule has 1 aromatic carbocycles. The van der Waals surface area contributed by atoms with Crippen molar-refractivity contribution in [3.63, 3.8) is 0 Å². The molecular weight excluding hydrogens is 328 g/mol. The molecule has 1 amide bonds. The van der Waals surface area contributed by atoms with E-state index < -0.39 is 0 Å². The van der Waals surface area contributed by atoms with Gasteiger partial charge >= 0.3 is 0 Å². The molecule has 0 radical (unpaired) electrons. The number of fused-ring (bicyclic) bond motifs is 1. The van der Waals surface area contributed by atoms with Crippen LogP contribution in [0.4, 0.5) is 5.69 Å². The van der Waals surface area contributed by atoms with Crippen molar-refractivity contribution in [2.75, 3.05) is 25.0 Å². The Bertz CT molecular complexity index is 890. The third-order valence-corrected chi connectivity index (χ3v) is 4.56. The van der Waals surface area contributed by atoms with Gasteiger partial charge in [0.2, 0.25) is 5.91 Å². The Balaban J connectivity index is 1.50. The average molecular weight is 352 g/mol. The second-order valence-corrected chi connectivity index (χ2v) is 6.34. The lowest BCUT2D eigenvalue weighted by atomic mass is 10.1. The van der Waals surface area contributed by atoms with Gasteiger partial charge < -0.3 is 10.2 Å². The Labute approximate surface area is 153 Å². The number of anilines is 1. The molecule has 0 atom stereocenters. The minimum atomic E-state index is 0.0453. The van der Waals surface area contributed by atoms with Gasteiger partial charge in [-0.2, -0.15) is 10.1 Å². The Kier molecular flexibility index (Phi) is 5.46. The molecule has 2 aromatic heterocycles. The summed E-state index contributed by atoms with van der Waals surface area (Å²) >= 11 is 0. The molecule has 136 valence electrons. The van der Waals surface area contributed by atoms with Gasteiger partial charge in [0.05, 0.1) is 0 Å². The van der Waals surface area contributed by atoms with Gasteiger partial charge in [0.15, 0.2) is 0 Å². The fourth-order valence-corrected chi connectivity index (χ4v) is 3.02. The van der Waals surface area contributed by atoms with Gasteiger partial charge in [-0.15, -0.1) is 0 Å². The Morgan fingerprint density at radius 2 is 2.00 bits per heavy atom. The van der Waals surface area contributed by atoms with Crippen LogP contribution in [0.3, 0.4) is 0 Å². The van der Waals surface area contributed by atoms with Crippen molar-refractivity contribution < 1.29 is 4.79 Å². The summed E-state index contributed by atoms with van der Waals surface area (Å²) in [4.78, 5) is 22.9. The van der Waals surface area contributed by atoms with Crippen molar-refractivity contribution in [1.29, 1.82) is 0 Å². The van der Waals surface area contributed by atoms with Gasteiger partial charge in [-0.1, -0.05) is 18.2 Å². The average Bonchev–Trinajstić information content (AvgIpc) is 3.10. The van der Waals surface area contributed by atoms with Gasteiger partial charge in [0, 0.05) is 43.6 Å². The first-order valence-corrected chi connectivity index (χ1v) is 8.75. The van der Waals surface area contributed by atoms with Crippen molar-refractivity contribution in [3.05, 3.63) is 53.6 Å². The molecule has 26 heavy (non-hydrogen) atoms. The lowest BCUT2D eigenvalue weighted by Crippen LogP contribution is -2.33. The molecule has 2 heterocycles. The zero-order valence-electron chi connectivity index (χ0n) is 15.4. The molecule has 7 nitrogen and oxygen atoms in total. The summed E-state index contributed by atoms with van der Waals surface area (Å²) in [5, 5.41) is 7.17. The second-order valence-electron chi connectivity index (χ2n) is 6.34. The van der Waals surface area contributed by atoms with Crippen molar-refractivity contribution >= 4 is 17.4 Å². The van der Waals surface area contributed by atoms with E-state index in [1.54, 1.807) is 4.52 Å². The third-order valence-electron chi connectivity index (χ3n) is 4.56. The molecule has 0 saturated heterocycles. The maximum absolute atomic E-state index is 12.2. The molecule has 3 aromatic rings. The SMILES string of the molecule is Cc1nc2ncnn2c(C)c1CCC(=O)NCCN(C)c1ccccc1. The largest absolute Gasteiger partial charge is 0.373 e. The summed E-state index contributed by atoms with van der Waals surface area (Å²) in [6.45, 7) is 5.31. The first-order chi connectivity index (χ1) is 12.6. The van der Waals surface area contributed by atoms with E-state index in [0.29, 0.717) is 25.2 Å². The van der Waals surface area contributed by atoms with Gasteiger partial charge in [-0.3, -0.25) is 4.79 Å². The van der Waals surface area contributed by atoms with Crippen molar-refractivity contribution in [1.82, 2.24) is 24.9 Å². The highest BCUT2D eigenvalue weighted by Gasteiger charge is 2.12. The summed E-state index contributed by atoms with van der Waals surface area (Å²) in [5.41, 5.74) is 4.08. The zero-order valence-corrected chi connectivity index (χ0v) is 15.4. The van der Waals surface area contributed by atoms with Crippen LogP contribution in [-0.4, -0.2) is 45.6 Å². The molecule has 3 rings (SSSR count). The predicted molar refractivity (Wildman–Crippen MR) is 101 cm³/mol. The molecule has 0 aliphatic carbocycles. The number of aryl methyl sites for hydroxylation is 2. The molecule has 0 fully saturated rings. The molecule has 0 aliphatic rings. The number of benzene rings is 1. The molecule has 7 heteroatoms. The monoisotopic (exact) mass is 352 g/mol. The molecule has 0 aliphatic heterocycles. The highest BCUT2D eigenvalue weighted by molar-refractivity contribution is 5.76. The topological polar surface area (TPSA) is 75.4 Å². The number of carbonyl (C=O) groups is 1. The van der Waals surface area contributed by atoms with Gasteiger partial charge in [0.1, 0.15) is 6.33 Å². The molecule has 0 bridgehead atoms. The number of nitrogens with one attached hydrogen (secondary N) is 1. The second kappa shape index (κ2) is 7.95. The molecule has 0 unspecified atom stereocenters. The Morgan fingerprint density at radius 3 is 2.77 bits per heavy atom. The van der Waals surface area contributed by atoms with Crippen LogP contribution in [0, 0.1) is 13.8 Å². The maximum Gasteiger partial charge on any atom is 0.252 e. The van der Waals surface area contributed by atoms with E-state index in [-0.39, 0.29) is 5.91 Å². The standard InChI is InChI=1S/C19H24N6O/c1-14-17(15(2)25-19(23-14)21-13-22-25)9-10-18(26)20-11-12-24(3)16-7-5-4-6-8-16/h4-8,13H,9-12H2,1-3H3,(H,20,26). The number of hydrogen-bond donors (Lipinski definition) is 1. The predicted octanol–water partition coefficient (Wildman–Crippen LogP) is 1.93. The van der Waals surface area contributed by atoms with Crippen LogP contribution in [0.1, 0.15) is 23.4 Å². The normalized spacial score (nSPS) is 10.9. The third kappa shape index (κ3) is 3.99. The Morgan fingerprint density at radius 1 is 1.23 bits per heavy atom. The summed E-state index contributed by atoms with van der Waals surface area (Å²) in [5.74, 6) is 0.640. The number of nitrogens with zero attached hydrogens (tertiary/aromatic N) is 5. The van der Waals surface area contributed by atoms with Crippen LogP contribution in [0.15, 0.2) is 36.7 Å². The first-order valence-electron chi connectivity index (χ1n) is 8.75. The number of carbonyl (C=O) groups excluding carboxylic acids is 1. The lowest BCUT2D eigenvalue weighted by molar-refractivity contribution is -0.120. The van der Waals surface area contributed by atoms with E-state index in [9.17, 15) is 4.79 Å². The van der Waals surface area contributed by atoms with Gasteiger partial charge in [-0.25, -0.2) is 9.50 Å². The van der Waals surface area contributed by atoms with Gasteiger partial charge in [0.25, 0.3) is 5.78 Å². The van der Waals surface area contributed by atoms with E-state index in [2.05, 4.69) is 37.4 Å². The van der Waals surface area contributed by atoms with E-state index >= 15 is 0 Å². The molecule has 0 spiro atoms. The van der Waals surface area contributed by atoms with Crippen LogP contribution < -0.4 is 10.2 Å². The summed E-state index contributed by atoms with van der Waals surface area (Å²) in [6, 6.07) is 10.1. The number of rotatable bonds is 7. The first kappa shape index (κ1) is 17.8. The van der Waals surface area contributed by atoms with E-state index in [1.807, 2.05) is 39.1 Å². The number of likely N-dealkylation sites (N-methyl/N-ethyl adjacent to an activating group) is 1. The molecule has 1 N–H and O–H groups in total. The summed E-state index contributed by atoms with van der Waals surface area (Å²) in [6.07, 6.45) is 2.56. The van der Waals surface area contributed by atoms with E-state index in [4.69, 9.17) is 0 Å². The van der Waals surface area contributed by atoms with Crippen LogP contribution in [0.25, 0.3) is 5.78 Å². The summed E-state index contributed by atoms with van der Waals surface area (Å²) < 4.78 is 1.72. The van der Waals surface area contributed by atoms with Crippen molar-refractivity contribution in [2.45, 2.75) is 26.7 Å². The highest BCUT2D eigenvalue weighted by Crippen LogP contribution is 2.15. The van der Waals surface area contributed by atoms with Crippen LogP contribution in [0.2, 0.25) is 0 Å². The van der Waals surface area contributed by atoms with Crippen molar-refractivity contribution in [2.24, 2.45) is 0 Å². The minimum Gasteiger partial charge on any atom is -0.373 e. The maximum atomic E-state index is 12.2. The lowest BCUT2D eigenvalue weighted by Gasteiger charge is -2.19. The number of amides is 1. The Hall–Kier alpha value is -2.96. The molecule has 0 saturated carbocycles. The summed E-state index contributed by atoms with van der Waals surface area (Å²) in [7, 11) is 2.02. The van der Waals surface area contributed by atoms with Gasteiger partial charge in [-0.05, 0) is 38.0 Å². The smallest absolute Gasteiger partial charge is 0.252 e. The van der Waals surface area contributed by atoms with E-state index in [0.717, 1.165) is 29.2 Å². The zero-order chi connectivity index (χ0) is 18.5. The van der Waals surface area contributed by atoms with Crippen molar-refractivity contribution in [3.8, 4) is 0 Å².